The molecule has 14 nitrogen and oxygen atoms in total. The molecule has 0 spiro atoms. The number of nitrogens with one attached hydrogen (secondary N) is 2. The van der Waals surface area contributed by atoms with Gasteiger partial charge in [0.05, 0.1) is 0 Å². The van der Waals surface area contributed by atoms with Crippen molar-refractivity contribution in [2.24, 2.45) is 0 Å². The van der Waals surface area contributed by atoms with Crippen LogP contribution in [0.5, 0.6) is 5.75 Å². The lowest BCUT2D eigenvalue weighted by molar-refractivity contribution is -0.158. The Hall–Kier alpha value is -3.89. The number of carbonyl (C=O) groups excluding carboxylic acids is 4. The van der Waals surface area contributed by atoms with Gasteiger partial charge < -0.3 is 29.3 Å². The summed E-state index contributed by atoms with van der Waals surface area (Å²) in [5, 5.41) is 2.65. The van der Waals surface area contributed by atoms with Gasteiger partial charge in [0.25, 0.3) is 0 Å². The molecule has 0 aliphatic carbocycles. The molecule has 1 saturated heterocycles. The van der Waals surface area contributed by atoms with Gasteiger partial charge in [-0.2, -0.15) is 17.4 Å². The number of amides is 3. The summed E-state index contributed by atoms with van der Waals surface area (Å²) in [4.78, 5) is 58.8. The van der Waals surface area contributed by atoms with Crippen molar-refractivity contribution in [1.29, 1.82) is 0 Å². The smallest absolute Gasteiger partial charge is 0.415 e. The highest BCUT2D eigenvalue weighted by atomic mass is 32.2. The molecule has 1 aromatic carbocycles. The highest BCUT2D eigenvalue weighted by molar-refractivity contribution is 7.89. The van der Waals surface area contributed by atoms with E-state index in [9.17, 15) is 27.6 Å². The number of ether oxygens (including phenoxy) is 3. The van der Waals surface area contributed by atoms with E-state index in [1.807, 2.05) is 0 Å². The quantitative estimate of drug-likeness (QED) is 0.243. The lowest BCUT2D eigenvalue weighted by Crippen LogP contribution is -2.58. The first-order valence-electron chi connectivity index (χ1n) is 15.8. The van der Waals surface area contributed by atoms with E-state index in [0.717, 1.165) is 6.20 Å². The van der Waals surface area contributed by atoms with Crippen LogP contribution in [0.25, 0.3) is 0 Å². The van der Waals surface area contributed by atoms with E-state index in [2.05, 4.69) is 27.7 Å². The van der Waals surface area contributed by atoms with Gasteiger partial charge in [-0.15, -0.1) is 0 Å². The summed E-state index contributed by atoms with van der Waals surface area (Å²) in [7, 11) is -4.17. The minimum atomic E-state index is -4.17. The van der Waals surface area contributed by atoms with Crippen molar-refractivity contribution in [3.8, 4) is 5.75 Å². The zero-order valence-corrected chi connectivity index (χ0v) is 30.9. The number of carbonyl (C=O) groups is 4. The number of thiol groups is 1. The Labute approximate surface area is 293 Å². The van der Waals surface area contributed by atoms with Crippen LogP contribution < -0.4 is 14.8 Å². The van der Waals surface area contributed by atoms with Gasteiger partial charge in [-0.05, 0) is 85.2 Å². The van der Waals surface area contributed by atoms with Crippen LogP contribution >= 0.6 is 12.6 Å². The number of aromatic nitrogens is 1. The molecular weight excluding hydrogens is 675 g/mol. The standard InChI is InChI=1S/C33H47N5O9S2/c1-31(2,3)46-28(40)25(35-27(39)26(33(7,8)48)36-49(43,44)24-10-9-15-34-21-24)20-22-11-13-23(14-12-22)45-29(41)37-16-18-38(19-17-37)30(42)47-32(4,5)6/h9-15,21,25-26,36,48H,16-20H2,1-8H3,(H,35,39)/t25-,26+/m0/s1. The molecular formula is C33H47N5O9S2. The highest BCUT2D eigenvalue weighted by Gasteiger charge is 2.39. The first-order chi connectivity index (χ1) is 22.5. The fourth-order valence-corrected chi connectivity index (χ4v) is 6.14. The number of esters is 1. The molecule has 270 valence electrons. The second-order valence-corrected chi connectivity index (χ2v) is 17.0. The third-order valence-electron chi connectivity index (χ3n) is 6.95. The Morgan fingerprint density at radius 3 is 1.90 bits per heavy atom. The molecule has 0 bridgehead atoms. The van der Waals surface area contributed by atoms with Gasteiger partial charge in [0.2, 0.25) is 15.9 Å². The normalized spacial score (nSPS) is 15.5. The molecule has 2 atom stereocenters. The Balaban J connectivity index is 1.70. The molecule has 0 radical (unpaired) electrons. The molecule has 1 fully saturated rings. The number of sulfonamides is 1. The number of nitrogens with zero attached hydrogens (tertiary/aromatic N) is 3. The zero-order valence-electron chi connectivity index (χ0n) is 29.2. The lowest BCUT2D eigenvalue weighted by Gasteiger charge is -2.35. The lowest BCUT2D eigenvalue weighted by atomic mass is 10.0. The molecule has 3 rings (SSSR count). The Morgan fingerprint density at radius 1 is 0.857 bits per heavy atom. The Bertz CT molecular complexity index is 1580. The molecule has 2 heterocycles. The second-order valence-electron chi connectivity index (χ2n) is 14.2. The van der Waals surface area contributed by atoms with E-state index in [-0.39, 0.29) is 30.2 Å². The predicted octanol–water partition coefficient (Wildman–Crippen LogP) is 3.56. The van der Waals surface area contributed by atoms with Crippen molar-refractivity contribution in [3.63, 3.8) is 0 Å². The summed E-state index contributed by atoms with van der Waals surface area (Å²) in [6.07, 6.45) is 1.54. The van der Waals surface area contributed by atoms with Gasteiger partial charge in [0, 0.05) is 49.7 Å². The monoisotopic (exact) mass is 721 g/mol. The van der Waals surface area contributed by atoms with Crippen LogP contribution in [0.3, 0.4) is 0 Å². The number of hydrogen-bond donors (Lipinski definition) is 3. The predicted molar refractivity (Wildman–Crippen MR) is 185 cm³/mol. The van der Waals surface area contributed by atoms with Gasteiger partial charge in [0.1, 0.15) is 33.9 Å². The second kappa shape index (κ2) is 15.8. The van der Waals surface area contributed by atoms with E-state index in [1.165, 1.54) is 23.2 Å². The first kappa shape index (κ1) is 39.5. The highest BCUT2D eigenvalue weighted by Crippen LogP contribution is 2.22. The molecule has 0 unspecified atom stereocenters. The average molecular weight is 722 g/mol. The molecule has 0 saturated carbocycles. The van der Waals surface area contributed by atoms with Gasteiger partial charge >= 0.3 is 18.2 Å². The van der Waals surface area contributed by atoms with E-state index >= 15 is 0 Å². The van der Waals surface area contributed by atoms with Crippen LogP contribution in [0.15, 0.2) is 53.7 Å². The van der Waals surface area contributed by atoms with E-state index in [1.54, 1.807) is 84.6 Å². The molecule has 1 aromatic heterocycles. The van der Waals surface area contributed by atoms with E-state index in [0.29, 0.717) is 18.7 Å². The summed E-state index contributed by atoms with van der Waals surface area (Å²) in [5.41, 5.74) is -0.898. The molecule has 49 heavy (non-hydrogen) atoms. The minimum absolute atomic E-state index is 0.0173. The largest absolute Gasteiger partial charge is 0.458 e. The van der Waals surface area contributed by atoms with Crippen LogP contribution in [0.2, 0.25) is 0 Å². The summed E-state index contributed by atoms with van der Waals surface area (Å²) in [5.74, 6) is -1.27. The molecule has 2 N–H and O–H groups in total. The van der Waals surface area contributed by atoms with Gasteiger partial charge in [0.15, 0.2) is 0 Å². The number of rotatable bonds is 10. The van der Waals surface area contributed by atoms with E-state index in [4.69, 9.17) is 14.2 Å². The van der Waals surface area contributed by atoms with Gasteiger partial charge in [-0.1, -0.05) is 12.1 Å². The van der Waals surface area contributed by atoms with Crippen LogP contribution in [0, 0.1) is 0 Å². The Kier molecular flexibility index (Phi) is 12.7. The number of benzene rings is 1. The molecule has 1 aliphatic rings. The maximum absolute atomic E-state index is 13.6. The molecule has 3 amide bonds. The van der Waals surface area contributed by atoms with Crippen molar-refractivity contribution in [2.75, 3.05) is 26.2 Å². The average Bonchev–Trinajstić information content (AvgIpc) is 2.98. The fraction of sp³-hybridized carbons (Fsp3) is 0.545. The third kappa shape index (κ3) is 12.5. The van der Waals surface area contributed by atoms with Crippen molar-refractivity contribution in [3.05, 3.63) is 54.4 Å². The fourth-order valence-electron chi connectivity index (χ4n) is 4.56. The maximum atomic E-state index is 13.6. The van der Waals surface area contributed by atoms with Crippen LogP contribution in [-0.4, -0.2) is 101 Å². The third-order valence-corrected chi connectivity index (χ3v) is 8.62. The summed E-state index contributed by atoms with van der Waals surface area (Å²) >= 11 is 4.47. The number of hydrogen-bond acceptors (Lipinski definition) is 11. The van der Waals surface area contributed by atoms with Gasteiger partial charge in [-0.3, -0.25) is 9.78 Å². The molecule has 16 heteroatoms. The summed E-state index contributed by atoms with van der Waals surface area (Å²) in [6.45, 7) is 14.7. The molecule has 2 aromatic rings. The topological polar surface area (TPSA) is 174 Å². The number of piperazine rings is 1. The summed E-state index contributed by atoms with van der Waals surface area (Å²) in [6, 6.07) is 6.58. The first-order valence-corrected chi connectivity index (χ1v) is 17.7. The number of pyridine rings is 1. The maximum Gasteiger partial charge on any atom is 0.415 e. The van der Waals surface area contributed by atoms with Crippen molar-refractivity contribution >= 4 is 46.7 Å². The van der Waals surface area contributed by atoms with Crippen molar-refractivity contribution in [1.82, 2.24) is 24.8 Å². The van der Waals surface area contributed by atoms with Crippen molar-refractivity contribution < 1.29 is 41.8 Å². The van der Waals surface area contributed by atoms with Crippen LogP contribution in [0.1, 0.15) is 61.0 Å². The van der Waals surface area contributed by atoms with Crippen LogP contribution in [0.4, 0.5) is 9.59 Å². The van der Waals surface area contributed by atoms with E-state index < -0.39 is 62.1 Å². The minimum Gasteiger partial charge on any atom is -0.458 e. The summed E-state index contributed by atoms with van der Waals surface area (Å²) < 4.78 is 43.8. The van der Waals surface area contributed by atoms with Gasteiger partial charge in [-0.25, -0.2) is 22.8 Å². The van der Waals surface area contributed by atoms with Crippen LogP contribution in [-0.2, 0) is 35.5 Å². The Morgan fingerprint density at radius 2 is 1.41 bits per heavy atom. The SMILES string of the molecule is CC(C)(C)OC(=O)[C@H](Cc1ccc(OC(=O)N2CCN(C(=O)OC(C)(C)C)CC2)cc1)NC(=O)[C@@H](NS(=O)(=O)c1cccnc1)C(C)(C)S. The zero-order chi connectivity index (χ0) is 36.8. The molecule has 1 aliphatic heterocycles. The van der Waals surface area contributed by atoms with Crippen molar-refractivity contribution in [2.45, 2.75) is 94.7 Å².